The number of benzene rings is 1. The Bertz CT molecular complexity index is 537. The largest absolute Gasteiger partial charge is 0.396 e. The monoisotopic (exact) mass is 291 g/mol. The Morgan fingerprint density at radius 3 is 2.75 bits per heavy atom. The van der Waals surface area contributed by atoms with Gasteiger partial charge < -0.3 is 10.0 Å². The molecule has 1 aliphatic rings. The number of anilines is 1. The number of rotatable bonds is 5. The number of thioether (sulfide) groups is 1. The van der Waals surface area contributed by atoms with E-state index in [1.807, 2.05) is 19.2 Å². The molecule has 3 nitrogen and oxygen atoms in total. The van der Waals surface area contributed by atoms with Crippen LogP contribution in [0, 0.1) is 0 Å². The molecule has 0 aliphatic carbocycles. The topological polar surface area (TPSA) is 40.5 Å². The SMILES string of the molecule is CN1/C(=C/C(=O)CSCCO)C(C)(C)c2ccccc21. The third-order valence-electron chi connectivity index (χ3n) is 3.72. The molecule has 0 atom stereocenters. The second-order valence-corrected chi connectivity index (χ2v) is 6.58. The molecule has 20 heavy (non-hydrogen) atoms. The average molecular weight is 291 g/mol. The van der Waals surface area contributed by atoms with E-state index < -0.39 is 0 Å². The van der Waals surface area contributed by atoms with Gasteiger partial charge in [-0.05, 0) is 11.6 Å². The minimum atomic E-state index is -0.150. The van der Waals surface area contributed by atoms with Crippen LogP contribution in [0.3, 0.4) is 0 Å². The molecule has 1 heterocycles. The first-order chi connectivity index (χ1) is 9.48. The van der Waals surface area contributed by atoms with Gasteiger partial charge in [-0.2, -0.15) is 11.8 Å². The van der Waals surface area contributed by atoms with Crippen molar-refractivity contribution in [2.45, 2.75) is 19.3 Å². The predicted octanol–water partition coefficient (Wildman–Crippen LogP) is 2.59. The molecule has 0 saturated heterocycles. The molecule has 0 amide bonds. The first-order valence-corrected chi connectivity index (χ1v) is 7.91. The van der Waals surface area contributed by atoms with Gasteiger partial charge in [0, 0.05) is 35.7 Å². The second kappa shape index (κ2) is 6.02. The maximum atomic E-state index is 12.1. The number of hydrogen-bond donors (Lipinski definition) is 1. The molecule has 0 spiro atoms. The molecular weight excluding hydrogens is 270 g/mol. The number of fused-ring (bicyclic) bond motifs is 1. The summed E-state index contributed by atoms with van der Waals surface area (Å²) in [6, 6.07) is 8.27. The van der Waals surface area contributed by atoms with Gasteiger partial charge in [0.2, 0.25) is 0 Å². The van der Waals surface area contributed by atoms with Crippen LogP contribution in [0.25, 0.3) is 0 Å². The van der Waals surface area contributed by atoms with E-state index >= 15 is 0 Å². The van der Waals surface area contributed by atoms with Gasteiger partial charge in [-0.15, -0.1) is 0 Å². The van der Waals surface area contributed by atoms with Crippen molar-refractivity contribution >= 4 is 23.2 Å². The zero-order chi connectivity index (χ0) is 14.8. The smallest absolute Gasteiger partial charge is 0.167 e. The Kier molecular flexibility index (Phi) is 4.55. The molecule has 0 bridgehead atoms. The van der Waals surface area contributed by atoms with Gasteiger partial charge in [-0.3, -0.25) is 4.79 Å². The summed E-state index contributed by atoms with van der Waals surface area (Å²) in [6.07, 6.45) is 1.75. The van der Waals surface area contributed by atoms with E-state index in [-0.39, 0.29) is 17.8 Å². The molecule has 0 unspecified atom stereocenters. The average Bonchev–Trinajstić information content (AvgIpc) is 2.61. The lowest BCUT2D eigenvalue weighted by Crippen LogP contribution is -2.24. The Hall–Kier alpha value is -1.26. The number of aliphatic hydroxyl groups excluding tert-OH is 1. The molecule has 0 radical (unpaired) electrons. The number of para-hydroxylation sites is 1. The van der Waals surface area contributed by atoms with E-state index in [0.29, 0.717) is 11.5 Å². The van der Waals surface area contributed by atoms with Crippen LogP contribution in [0.15, 0.2) is 36.0 Å². The summed E-state index contributed by atoms with van der Waals surface area (Å²) in [4.78, 5) is 14.2. The van der Waals surface area contributed by atoms with E-state index in [1.165, 1.54) is 23.0 Å². The standard InChI is InChI=1S/C16H21NO2S/c1-16(2)13-6-4-5-7-14(13)17(3)15(16)10-12(19)11-20-9-8-18/h4-7,10,18H,8-9,11H2,1-3H3/b15-10+. The zero-order valence-electron chi connectivity index (χ0n) is 12.2. The highest BCUT2D eigenvalue weighted by Crippen LogP contribution is 2.46. The Morgan fingerprint density at radius 2 is 2.10 bits per heavy atom. The molecule has 0 fully saturated rings. The Balaban J connectivity index is 2.23. The summed E-state index contributed by atoms with van der Waals surface area (Å²) < 4.78 is 0. The molecule has 108 valence electrons. The number of hydrogen-bond acceptors (Lipinski definition) is 4. The minimum absolute atomic E-state index is 0.103. The predicted molar refractivity (Wildman–Crippen MR) is 85.4 cm³/mol. The third kappa shape index (κ3) is 2.76. The van der Waals surface area contributed by atoms with Crippen LogP contribution in [-0.2, 0) is 10.2 Å². The van der Waals surface area contributed by atoms with Gasteiger partial charge in [0.1, 0.15) is 0 Å². The van der Waals surface area contributed by atoms with Crippen LogP contribution in [0.2, 0.25) is 0 Å². The molecule has 0 aromatic heterocycles. The fraction of sp³-hybridized carbons (Fsp3) is 0.438. The normalized spacial score (nSPS) is 18.4. The summed E-state index contributed by atoms with van der Waals surface area (Å²) in [5.74, 6) is 1.13. The van der Waals surface area contributed by atoms with Crippen molar-refractivity contribution in [1.29, 1.82) is 0 Å². The van der Waals surface area contributed by atoms with E-state index in [0.717, 1.165) is 5.70 Å². The van der Waals surface area contributed by atoms with Crippen molar-refractivity contribution in [2.75, 3.05) is 30.1 Å². The van der Waals surface area contributed by atoms with Crippen molar-refractivity contribution in [2.24, 2.45) is 0 Å². The summed E-state index contributed by atoms with van der Waals surface area (Å²) in [5.41, 5.74) is 3.31. The van der Waals surface area contributed by atoms with E-state index in [1.54, 1.807) is 6.08 Å². The van der Waals surface area contributed by atoms with Gasteiger partial charge in [-0.1, -0.05) is 32.0 Å². The molecule has 1 aliphatic heterocycles. The molecule has 1 aromatic rings. The Morgan fingerprint density at radius 1 is 1.40 bits per heavy atom. The zero-order valence-corrected chi connectivity index (χ0v) is 13.0. The summed E-state index contributed by atoms with van der Waals surface area (Å²) in [7, 11) is 2.01. The number of likely N-dealkylation sites (N-methyl/N-ethyl adjacent to an activating group) is 1. The number of allylic oxidation sites excluding steroid dienone is 2. The summed E-state index contributed by atoms with van der Waals surface area (Å²) in [5, 5.41) is 8.75. The maximum absolute atomic E-state index is 12.1. The van der Waals surface area contributed by atoms with Crippen LogP contribution in [0.1, 0.15) is 19.4 Å². The fourth-order valence-electron chi connectivity index (χ4n) is 2.69. The summed E-state index contributed by atoms with van der Waals surface area (Å²) >= 11 is 1.47. The van der Waals surface area contributed by atoms with Gasteiger partial charge in [0.25, 0.3) is 0 Å². The first kappa shape index (κ1) is 15.1. The van der Waals surface area contributed by atoms with Crippen molar-refractivity contribution in [3.63, 3.8) is 0 Å². The number of nitrogens with zero attached hydrogens (tertiary/aromatic N) is 1. The van der Waals surface area contributed by atoms with Gasteiger partial charge in [0.05, 0.1) is 12.4 Å². The van der Waals surface area contributed by atoms with E-state index in [2.05, 4.69) is 30.9 Å². The van der Waals surface area contributed by atoms with Crippen molar-refractivity contribution < 1.29 is 9.90 Å². The fourth-order valence-corrected chi connectivity index (χ4v) is 3.25. The highest BCUT2D eigenvalue weighted by molar-refractivity contribution is 7.99. The highest BCUT2D eigenvalue weighted by Gasteiger charge is 2.38. The highest BCUT2D eigenvalue weighted by atomic mass is 32.2. The van der Waals surface area contributed by atoms with Crippen LogP contribution < -0.4 is 4.90 Å². The molecule has 1 aromatic carbocycles. The van der Waals surface area contributed by atoms with E-state index in [9.17, 15) is 4.79 Å². The molecule has 0 saturated carbocycles. The van der Waals surface area contributed by atoms with Crippen LogP contribution in [0.5, 0.6) is 0 Å². The number of carbonyl (C=O) groups is 1. The maximum Gasteiger partial charge on any atom is 0.167 e. The lowest BCUT2D eigenvalue weighted by atomic mass is 9.83. The molecule has 2 rings (SSSR count). The quantitative estimate of drug-likeness (QED) is 0.669. The lowest BCUT2D eigenvalue weighted by molar-refractivity contribution is -0.112. The molecule has 1 N–H and O–H groups in total. The lowest BCUT2D eigenvalue weighted by Gasteiger charge is -2.23. The number of ketones is 1. The minimum Gasteiger partial charge on any atom is -0.396 e. The first-order valence-electron chi connectivity index (χ1n) is 6.75. The number of aliphatic hydroxyl groups is 1. The van der Waals surface area contributed by atoms with Gasteiger partial charge >= 0.3 is 0 Å². The van der Waals surface area contributed by atoms with Crippen molar-refractivity contribution in [3.05, 3.63) is 41.6 Å². The van der Waals surface area contributed by atoms with Crippen LogP contribution in [0.4, 0.5) is 5.69 Å². The van der Waals surface area contributed by atoms with Crippen LogP contribution in [-0.4, -0.2) is 36.1 Å². The van der Waals surface area contributed by atoms with Crippen molar-refractivity contribution in [1.82, 2.24) is 0 Å². The molecule has 4 heteroatoms. The van der Waals surface area contributed by atoms with Gasteiger partial charge in [-0.25, -0.2) is 0 Å². The summed E-state index contributed by atoms with van der Waals surface area (Å²) in [6.45, 7) is 4.41. The van der Waals surface area contributed by atoms with Gasteiger partial charge in [0.15, 0.2) is 5.78 Å². The van der Waals surface area contributed by atoms with Crippen LogP contribution >= 0.6 is 11.8 Å². The van der Waals surface area contributed by atoms with Crippen molar-refractivity contribution in [3.8, 4) is 0 Å². The second-order valence-electron chi connectivity index (χ2n) is 5.47. The van der Waals surface area contributed by atoms with E-state index in [4.69, 9.17) is 5.11 Å². The number of carbonyl (C=O) groups excluding carboxylic acids is 1. The molecular formula is C16H21NO2S. The Labute approximate surface area is 124 Å². The third-order valence-corrected chi connectivity index (χ3v) is 4.68.